The Kier molecular flexibility index (Phi) is 4.65. The second kappa shape index (κ2) is 6.85. The lowest BCUT2D eigenvalue weighted by Gasteiger charge is -2.26. The second-order valence-electron chi connectivity index (χ2n) is 5.48. The zero-order chi connectivity index (χ0) is 15.4. The molecule has 1 saturated heterocycles. The summed E-state index contributed by atoms with van der Waals surface area (Å²) in [5, 5.41) is 1.05. The first-order chi connectivity index (χ1) is 10.7. The first kappa shape index (κ1) is 14.9. The lowest BCUT2D eigenvalue weighted by Crippen LogP contribution is -2.40. The highest BCUT2D eigenvalue weighted by Gasteiger charge is 2.18. The van der Waals surface area contributed by atoms with Gasteiger partial charge in [0.2, 0.25) is 0 Å². The molecule has 1 fully saturated rings. The molecule has 0 unspecified atom stereocenters. The van der Waals surface area contributed by atoms with Crippen LogP contribution in [0.25, 0.3) is 10.9 Å². The topological polar surface area (TPSA) is 51.7 Å². The number of hydrogen-bond acceptors (Lipinski definition) is 5. The smallest absolute Gasteiger partial charge is 0.320 e. The fourth-order valence-corrected chi connectivity index (χ4v) is 2.55. The molecule has 1 atom stereocenters. The van der Waals surface area contributed by atoms with E-state index in [1.807, 2.05) is 37.3 Å². The summed E-state index contributed by atoms with van der Waals surface area (Å²) in [7, 11) is 0. The Morgan fingerprint density at radius 2 is 2.14 bits per heavy atom. The first-order valence-electron chi connectivity index (χ1n) is 7.56. The summed E-state index contributed by atoms with van der Waals surface area (Å²) >= 11 is 0. The number of para-hydroxylation sites is 1. The number of benzene rings is 1. The van der Waals surface area contributed by atoms with E-state index in [0.717, 1.165) is 29.6 Å². The highest BCUT2D eigenvalue weighted by atomic mass is 16.5. The Hall–Kier alpha value is -1.98. The van der Waals surface area contributed by atoms with Crippen molar-refractivity contribution in [3.8, 4) is 0 Å². The third-order valence-corrected chi connectivity index (χ3v) is 3.85. The number of carbonyl (C=O) groups excluding carboxylic acids is 1. The van der Waals surface area contributed by atoms with Crippen LogP contribution in [0.4, 0.5) is 0 Å². The molecule has 22 heavy (non-hydrogen) atoms. The summed E-state index contributed by atoms with van der Waals surface area (Å²) in [6.45, 7) is 5.11. The van der Waals surface area contributed by atoms with Gasteiger partial charge in [-0.15, -0.1) is 0 Å². The molecule has 0 radical (unpaired) electrons. The van der Waals surface area contributed by atoms with Gasteiger partial charge < -0.3 is 9.47 Å². The molecule has 0 bridgehead atoms. The Morgan fingerprint density at radius 1 is 1.36 bits per heavy atom. The molecule has 1 aromatic heterocycles. The SMILES string of the molecule is C[C@H](OC(=O)CN1CCOCC1)c1cnc2ccccc2c1. The highest BCUT2D eigenvalue weighted by Crippen LogP contribution is 2.20. The van der Waals surface area contributed by atoms with Crippen LogP contribution in [0.2, 0.25) is 0 Å². The quantitative estimate of drug-likeness (QED) is 0.810. The number of morpholine rings is 1. The third kappa shape index (κ3) is 3.61. The predicted octanol–water partition coefficient (Wildman–Crippen LogP) is 2.17. The summed E-state index contributed by atoms with van der Waals surface area (Å²) in [5.41, 5.74) is 1.85. The van der Waals surface area contributed by atoms with Crippen LogP contribution >= 0.6 is 0 Å². The number of aromatic nitrogens is 1. The van der Waals surface area contributed by atoms with Crippen LogP contribution in [0.5, 0.6) is 0 Å². The van der Waals surface area contributed by atoms with E-state index in [4.69, 9.17) is 9.47 Å². The lowest BCUT2D eigenvalue weighted by atomic mass is 10.1. The van der Waals surface area contributed by atoms with E-state index in [1.165, 1.54) is 0 Å². The molecule has 0 saturated carbocycles. The summed E-state index contributed by atoms with van der Waals surface area (Å²) in [6, 6.07) is 9.93. The zero-order valence-corrected chi connectivity index (χ0v) is 12.7. The van der Waals surface area contributed by atoms with E-state index in [0.29, 0.717) is 19.8 Å². The van der Waals surface area contributed by atoms with E-state index in [9.17, 15) is 4.79 Å². The second-order valence-corrected chi connectivity index (χ2v) is 5.48. The van der Waals surface area contributed by atoms with Gasteiger partial charge in [0.05, 0.1) is 25.3 Å². The molecule has 0 aliphatic carbocycles. The van der Waals surface area contributed by atoms with Gasteiger partial charge >= 0.3 is 5.97 Å². The van der Waals surface area contributed by atoms with Crippen molar-refractivity contribution in [1.29, 1.82) is 0 Å². The van der Waals surface area contributed by atoms with Crippen molar-refractivity contribution in [2.75, 3.05) is 32.8 Å². The number of ether oxygens (including phenoxy) is 2. The summed E-state index contributed by atoms with van der Waals surface area (Å²) in [6.07, 6.45) is 1.47. The van der Waals surface area contributed by atoms with Crippen LogP contribution in [0.1, 0.15) is 18.6 Å². The maximum Gasteiger partial charge on any atom is 0.320 e. The van der Waals surface area contributed by atoms with E-state index < -0.39 is 0 Å². The largest absolute Gasteiger partial charge is 0.457 e. The standard InChI is InChI=1S/C17H20N2O3/c1-13(22-17(20)12-19-6-8-21-9-7-19)15-10-14-4-2-3-5-16(14)18-11-15/h2-5,10-11,13H,6-9,12H2,1H3/t13-/m0/s1. The third-order valence-electron chi connectivity index (χ3n) is 3.85. The van der Waals surface area contributed by atoms with E-state index in [-0.39, 0.29) is 12.1 Å². The molecular formula is C17H20N2O3. The Labute approximate surface area is 129 Å². The van der Waals surface area contributed by atoms with Gasteiger partial charge in [0.15, 0.2) is 0 Å². The van der Waals surface area contributed by atoms with E-state index >= 15 is 0 Å². The van der Waals surface area contributed by atoms with Crippen molar-refractivity contribution in [3.63, 3.8) is 0 Å². The number of pyridine rings is 1. The van der Waals surface area contributed by atoms with Crippen LogP contribution in [-0.4, -0.2) is 48.7 Å². The van der Waals surface area contributed by atoms with Crippen LogP contribution in [0.3, 0.4) is 0 Å². The van der Waals surface area contributed by atoms with E-state index in [1.54, 1.807) is 6.20 Å². The highest BCUT2D eigenvalue weighted by molar-refractivity contribution is 5.79. The van der Waals surface area contributed by atoms with Crippen molar-refractivity contribution in [2.24, 2.45) is 0 Å². The fourth-order valence-electron chi connectivity index (χ4n) is 2.55. The lowest BCUT2D eigenvalue weighted by molar-refractivity contribution is -0.150. The van der Waals surface area contributed by atoms with E-state index in [2.05, 4.69) is 9.88 Å². The van der Waals surface area contributed by atoms with Crippen molar-refractivity contribution in [1.82, 2.24) is 9.88 Å². The average Bonchev–Trinajstić information content (AvgIpc) is 2.55. The maximum atomic E-state index is 12.0. The van der Waals surface area contributed by atoms with Gasteiger partial charge in [-0.3, -0.25) is 14.7 Å². The van der Waals surface area contributed by atoms with Gasteiger partial charge in [0.1, 0.15) is 6.10 Å². The fraction of sp³-hybridized carbons (Fsp3) is 0.412. The number of rotatable bonds is 4. The number of esters is 1. The monoisotopic (exact) mass is 300 g/mol. The van der Waals surface area contributed by atoms with Crippen molar-refractivity contribution >= 4 is 16.9 Å². The van der Waals surface area contributed by atoms with Crippen LogP contribution in [-0.2, 0) is 14.3 Å². The number of carbonyl (C=O) groups is 1. The Balaban J connectivity index is 1.62. The maximum absolute atomic E-state index is 12.0. The minimum Gasteiger partial charge on any atom is -0.457 e. The van der Waals surface area contributed by atoms with Gasteiger partial charge in [-0.2, -0.15) is 0 Å². The molecule has 116 valence electrons. The van der Waals surface area contributed by atoms with Gasteiger partial charge in [0, 0.05) is 30.2 Å². The van der Waals surface area contributed by atoms with Gasteiger partial charge in [-0.1, -0.05) is 18.2 Å². The molecule has 1 aliphatic heterocycles. The molecule has 3 rings (SSSR count). The number of fused-ring (bicyclic) bond motifs is 1. The molecule has 1 aromatic carbocycles. The first-order valence-corrected chi connectivity index (χ1v) is 7.56. The van der Waals surface area contributed by atoms with Gasteiger partial charge in [-0.05, 0) is 19.1 Å². The van der Waals surface area contributed by atoms with Crippen LogP contribution in [0, 0.1) is 0 Å². The summed E-state index contributed by atoms with van der Waals surface area (Å²) in [4.78, 5) is 18.5. The molecule has 2 aromatic rings. The molecule has 0 spiro atoms. The average molecular weight is 300 g/mol. The van der Waals surface area contributed by atoms with Crippen LogP contribution in [0.15, 0.2) is 36.5 Å². The van der Waals surface area contributed by atoms with Crippen molar-refractivity contribution in [3.05, 3.63) is 42.1 Å². The van der Waals surface area contributed by atoms with Crippen LogP contribution < -0.4 is 0 Å². The van der Waals surface area contributed by atoms with Gasteiger partial charge in [0.25, 0.3) is 0 Å². The predicted molar refractivity (Wildman–Crippen MR) is 83.5 cm³/mol. The summed E-state index contributed by atoms with van der Waals surface area (Å²) < 4.78 is 10.8. The molecule has 2 heterocycles. The Bertz CT molecular complexity index is 653. The normalized spacial score (nSPS) is 17.3. The van der Waals surface area contributed by atoms with Crippen molar-refractivity contribution in [2.45, 2.75) is 13.0 Å². The zero-order valence-electron chi connectivity index (χ0n) is 12.7. The molecule has 0 amide bonds. The molecule has 5 heteroatoms. The van der Waals surface area contributed by atoms with Gasteiger partial charge in [-0.25, -0.2) is 0 Å². The Morgan fingerprint density at radius 3 is 2.95 bits per heavy atom. The number of nitrogens with zero attached hydrogens (tertiary/aromatic N) is 2. The molecule has 1 aliphatic rings. The summed E-state index contributed by atoms with van der Waals surface area (Å²) in [5.74, 6) is -0.206. The number of hydrogen-bond donors (Lipinski definition) is 0. The minimum absolute atomic E-state index is 0.206. The molecule has 0 N–H and O–H groups in total. The van der Waals surface area contributed by atoms with Crippen molar-refractivity contribution < 1.29 is 14.3 Å². The molecule has 5 nitrogen and oxygen atoms in total. The molecular weight excluding hydrogens is 280 g/mol. The minimum atomic E-state index is -0.300.